The molecule has 2 heterocycles. The van der Waals surface area contributed by atoms with Crippen molar-refractivity contribution >= 4 is 17.4 Å². The van der Waals surface area contributed by atoms with Crippen LogP contribution in [0.5, 0.6) is 0 Å². The van der Waals surface area contributed by atoms with Crippen LogP contribution in [0.1, 0.15) is 65.9 Å². The summed E-state index contributed by atoms with van der Waals surface area (Å²) >= 11 is 0. The second-order valence-electron chi connectivity index (χ2n) is 11.2. The maximum atomic E-state index is 14.2. The first-order valence-electron chi connectivity index (χ1n) is 14.6. The van der Waals surface area contributed by atoms with Crippen molar-refractivity contribution in [2.45, 2.75) is 56.7 Å². The van der Waals surface area contributed by atoms with Crippen LogP contribution in [0.25, 0.3) is 11.3 Å². The summed E-state index contributed by atoms with van der Waals surface area (Å²) in [5.41, 5.74) is 2.59. The number of piperazine rings is 1. The number of rotatable bonds is 10. The molecule has 9 nitrogen and oxygen atoms in total. The van der Waals surface area contributed by atoms with E-state index in [0.717, 1.165) is 42.6 Å². The van der Waals surface area contributed by atoms with Crippen molar-refractivity contribution in [1.82, 2.24) is 19.8 Å². The number of hydrogen-bond acceptors (Lipinski definition) is 7. The molecule has 2 aromatic carbocycles. The first-order valence-corrected chi connectivity index (χ1v) is 14.6. The Bertz CT molecular complexity index is 1340. The lowest BCUT2D eigenvalue weighted by atomic mass is 9.80. The fourth-order valence-electron chi connectivity index (χ4n) is 6.31. The Hall–Kier alpha value is -3.53. The average molecular weight is 560 g/mol. The lowest BCUT2D eigenvalue weighted by Crippen LogP contribution is -2.54. The summed E-state index contributed by atoms with van der Waals surface area (Å²) < 4.78 is 7.46. The Kier molecular flexibility index (Phi) is 9.17. The number of benzene rings is 2. The summed E-state index contributed by atoms with van der Waals surface area (Å²) in [6.07, 6.45) is 5.83. The highest BCUT2D eigenvalue weighted by atomic mass is 16.5. The van der Waals surface area contributed by atoms with E-state index in [-0.39, 0.29) is 30.4 Å². The first kappa shape index (κ1) is 29.0. The molecule has 0 bridgehead atoms. The van der Waals surface area contributed by atoms with E-state index < -0.39 is 5.60 Å². The van der Waals surface area contributed by atoms with E-state index in [1.165, 1.54) is 0 Å². The molecule has 3 N–H and O–H groups in total. The number of Topliss-reactive ketones (excluding diaryl/α,β-unsaturated/α-hetero) is 1. The smallest absolute Gasteiger partial charge is 0.275 e. The Morgan fingerprint density at radius 1 is 1.17 bits per heavy atom. The molecule has 1 aliphatic carbocycles. The minimum Gasteiger partial charge on any atom is -0.385 e. The molecular weight excluding hydrogens is 518 g/mol. The topological polar surface area (TPSA) is 109 Å². The molecule has 1 saturated carbocycles. The molecule has 0 spiro atoms. The van der Waals surface area contributed by atoms with Gasteiger partial charge in [-0.05, 0) is 38.3 Å². The highest BCUT2D eigenvalue weighted by molar-refractivity contribution is 5.98. The Morgan fingerprint density at radius 2 is 2.00 bits per heavy atom. The summed E-state index contributed by atoms with van der Waals surface area (Å²) in [5, 5.41) is 18.5. The number of carbonyl (C=O) groups excluding carboxylic acids is 2. The molecular formula is C32H41N5O4. The van der Waals surface area contributed by atoms with E-state index >= 15 is 0 Å². The van der Waals surface area contributed by atoms with Crippen LogP contribution in [0.2, 0.25) is 0 Å². The molecule has 1 aromatic heterocycles. The molecule has 3 aromatic rings. The second kappa shape index (κ2) is 13.0. The number of ketones is 1. The second-order valence-corrected chi connectivity index (χ2v) is 11.2. The van der Waals surface area contributed by atoms with Crippen LogP contribution in [0.15, 0.2) is 60.9 Å². The molecule has 9 heteroatoms. The minimum absolute atomic E-state index is 0.0198. The van der Waals surface area contributed by atoms with E-state index in [1.54, 1.807) is 20.4 Å². The van der Waals surface area contributed by atoms with Gasteiger partial charge >= 0.3 is 0 Å². The average Bonchev–Trinajstić information content (AvgIpc) is 3.43. The molecule has 3 atom stereocenters. The van der Waals surface area contributed by atoms with Crippen LogP contribution in [0.4, 0.5) is 5.69 Å². The zero-order chi connectivity index (χ0) is 28.8. The van der Waals surface area contributed by atoms with Crippen molar-refractivity contribution in [2.24, 2.45) is 0 Å². The van der Waals surface area contributed by atoms with Gasteiger partial charge < -0.3 is 29.9 Å². The lowest BCUT2D eigenvalue weighted by Gasteiger charge is -2.41. The van der Waals surface area contributed by atoms with Crippen molar-refractivity contribution in [3.05, 3.63) is 72.2 Å². The number of nitrogens with one attached hydrogen (secondary N) is 2. The maximum Gasteiger partial charge on any atom is 0.275 e. The number of aliphatic hydroxyl groups is 1. The standard InChI is InChI=1S/C32H41N5O4/c1-23(38)25-11-8-12-26(19-25)34-16-14-27-20-33-17-18-36(27)31(39)29-30(24-9-4-3-5-10-24)37(22-35-29)28-13-6-7-15-32(28,40)21-41-2/h3-5,8-12,19,22,27-28,33-34,40H,6-7,13-18,20-21H2,1-2H3/t27-,28-,32-/m1/s1. The maximum absolute atomic E-state index is 14.2. The number of aromatic nitrogens is 2. The van der Waals surface area contributed by atoms with E-state index in [0.29, 0.717) is 43.9 Å². The third kappa shape index (κ3) is 6.37. The highest BCUT2D eigenvalue weighted by Crippen LogP contribution is 2.41. The van der Waals surface area contributed by atoms with Crippen LogP contribution < -0.4 is 10.6 Å². The zero-order valence-electron chi connectivity index (χ0n) is 24.0. The Labute approximate surface area is 241 Å². The van der Waals surface area contributed by atoms with Gasteiger partial charge in [0.1, 0.15) is 5.60 Å². The van der Waals surface area contributed by atoms with Crippen LogP contribution in [-0.4, -0.2) is 82.8 Å². The van der Waals surface area contributed by atoms with E-state index in [1.807, 2.05) is 64.1 Å². The quantitative estimate of drug-likeness (QED) is 0.320. The fourth-order valence-corrected chi connectivity index (χ4v) is 6.31. The predicted octanol–water partition coefficient (Wildman–Crippen LogP) is 4.16. The summed E-state index contributed by atoms with van der Waals surface area (Å²) in [4.78, 5) is 32.6. The van der Waals surface area contributed by atoms with Gasteiger partial charge in [0.25, 0.3) is 5.91 Å². The minimum atomic E-state index is -1.03. The monoisotopic (exact) mass is 559 g/mol. The zero-order valence-corrected chi connectivity index (χ0v) is 24.0. The molecule has 1 amide bonds. The first-order chi connectivity index (χ1) is 19.9. The molecule has 0 radical (unpaired) electrons. The predicted molar refractivity (Wildman–Crippen MR) is 159 cm³/mol. The van der Waals surface area contributed by atoms with Gasteiger partial charge in [0.05, 0.1) is 24.7 Å². The van der Waals surface area contributed by atoms with Crippen LogP contribution in [0.3, 0.4) is 0 Å². The molecule has 0 unspecified atom stereocenters. The number of ether oxygens (including phenoxy) is 1. The Morgan fingerprint density at radius 3 is 2.78 bits per heavy atom. The fraction of sp³-hybridized carbons (Fsp3) is 0.469. The van der Waals surface area contributed by atoms with E-state index in [9.17, 15) is 14.7 Å². The third-order valence-corrected chi connectivity index (χ3v) is 8.42. The summed E-state index contributed by atoms with van der Waals surface area (Å²) in [6.45, 7) is 4.45. The van der Waals surface area contributed by atoms with Crippen LogP contribution in [-0.2, 0) is 4.74 Å². The number of carbonyl (C=O) groups is 2. The van der Waals surface area contributed by atoms with Gasteiger partial charge in [-0.3, -0.25) is 9.59 Å². The van der Waals surface area contributed by atoms with E-state index in [2.05, 4.69) is 10.6 Å². The highest BCUT2D eigenvalue weighted by Gasteiger charge is 2.42. The number of amides is 1. The van der Waals surface area contributed by atoms with Crippen LogP contribution >= 0.6 is 0 Å². The number of anilines is 1. The molecule has 2 fully saturated rings. The van der Waals surface area contributed by atoms with Gasteiger partial charge in [-0.15, -0.1) is 0 Å². The van der Waals surface area contributed by atoms with Crippen molar-refractivity contribution in [3.63, 3.8) is 0 Å². The van der Waals surface area contributed by atoms with Gasteiger partial charge in [-0.25, -0.2) is 4.98 Å². The molecule has 1 aliphatic heterocycles. The summed E-state index contributed by atoms with van der Waals surface area (Å²) in [6, 6.07) is 17.1. The van der Waals surface area contributed by atoms with Crippen molar-refractivity contribution in [1.29, 1.82) is 0 Å². The van der Waals surface area contributed by atoms with Gasteiger partial charge in [0, 0.05) is 56.1 Å². The Balaban J connectivity index is 1.40. The van der Waals surface area contributed by atoms with Crippen molar-refractivity contribution < 1.29 is 19.4 Å². The van der Waals surface area contributed by atoms with Gasteiger partial charge in [0.2, 0.25) is 0 Å². The molecule has 5 rings (SSSR count). The molecule has 41 heavy (non-hydrogen) atoms. The normalized spacial score (nSPS) is 22.9. The largest absolute Gasteiger partial charge is 0.385 e. The van der Waals surface area contributed by atoms with Gasteiger partial charge in [-0.2, -0.15) is 0 Å². The number of nitrogens with zero attached hydrogens (tertiary/aromatic N) is 3. The van der Waals surface area contributed by atoms with E-state index in [4.69, 9.17) is 9.72 Å². The summed E-state index contributed by atoms with van der Waals surface area (Å²) in [7, 11) is 1.62. The lowest BCUT2D eigenvalue weighted by molar-refractivity contribution is -0.0893. The summed E-state index contributed by atoms with van der Waals surface area (Å²) in [5.74, 6) is -0.0665. The van der Waals surface area contributed by atoms with Crippen molar-refractivity contribution in [2.75, 3.05) is 45.2 Å². The third-order valence-electron chi connectivity index (χ3n) is 8.42. The molecule has 218 valence electrons. The molecule has 1 saturated heterocycles. The van der Waals surface area contributed by atoms with Gasteiger partial charge in [0.15, 0.2) is 11.5 Å². The SMILES string of the molecule is COC[C@]1(O)CCCC[C@H]1n1cnc(C(=O)N2CCNC[C@H]2CCNc2cccc(C(C)=O)c2)c1-c1ccccc1. The number of methoxy groups -OCH3 is 1. The molecule has 2 aliphatic rings. The number of imidazole rings is 1. The van der Waals surface area contributed by atoms with Crippen molar-refractivity contribution in [3.8, 4) is 11.3 Å². The van der Waals surface area contributed by atoms with Crippen LogP contribution in [0, 0.1) is 0 Å². The number of hydrogen-bond donors (Lipinski definition) is 3. The van der Waals surface area contributed by atoms with Gasteiger partial charge in [-0.1, -0.05) is 55.3 Å².